The number of nitrogens with zero attached hydrogens (tertiary/aromatic N) is 2. The molecular formula is C14H19N3O4. The van der Waals surface area contributed by atoms with Crippen LogP contribution in [0.15, 0.2) is 22.6 Å². The highest BCUT2D eigenvalue weighted by Gasteiger charge is 2.11. The number of ether oxygens (including phenoxy) is 1. The summed E-state index contributed by atoms with van der Waals surface area (Å²) in [5.74, 6) is 0. The Bertz CT molecular complexity index is 597. The minimum Gasteiger partial charge on any atom is -0.424 e. The predicted molar refractivity (Wildman–Crippen MR) is 79.5 cm³/mol. The molecule has 0 bridgehead atoms. The molecule has 0 unspecified atom stereocenters. The Hall–Kier alpha value is -2.15. The summed E-state index contributed by atoms with van der Waals surface area (Å²) in [7, 11) is 0. The Morgan fingerprint density at radius 1 is 1.38 bits per heavy atom. The zero-order valence-corrected chi connectivity index (χ0v) is 12.0. The molecule has 7 nitrogen and oxygen atoms in total. The van der Waals surface area contributed by atoms with E-state index >= 15 is 0 Å². The monoisotopic (exact) mass is 293 g/mol. The van der Waals surface area contributed by atoms with Crippen LogP contribution >= 0.6 is 0 Å². The fraction of sp³-hybridized carbons (Fsp3) is 0.500. The summed E-state index contributed by atoms with van der Waals surface area (Å²) in [5.41, 5.74) is 1.01. The Kier molecular flexibility index (Phi) is 5.51. The third kappa shape index (κ3) is 4.42. The molecule has 0 fully saturated rings. The maximum absolute atomic E-state index is 10.7. The molecule has 0 amide bonds. The molecular weight excluding hydrogens is 274 g/mol. The fourth-order valence-corrected chi connectivity index (χ4v) is 1.82. The minimum absolute atomic E-state index is 0.00618. The van der Waals surface area contributed by atoms with Gasteiger partial charge in [-0.05, 0) is 18.9 Å². The lowest BCUT2D eigenvalue weighted by Crippen LogP contribution is -2.06. The van der Waals surface area contributed by atoms with E-state index in [1.54, 1.807) is 6.07 Å². The van der Waals surface area contributed by atoms with E-state index in [1.807, 2.05) is 0 Å². The van der Waals surface area contributed by atoms with E-state index < -0.39 is 4.92 Å². The number of nitrogens with one attached hydrogen (secondary N) is 1. The average Bonchev–Trinajstić information content (AvgIpc) is 2.88. The Morgan fingerprint density at radius 3 is 2.95 bits per heavy atom. The van der Waals surface area contributed by atoms with Crippen molar-refractivity contribution in [2.24, 2.45) is 0 Å². The topological polar surface area (TPSA) is 90.4 Å². The first kappa shape index (κ1) is 15.2. The number of benzene rings is 1. The SMILES string of the molecule is CCCCOCCCNc1nc2cc([N+](=O)[O-])ccc2o1. The number of oxazole rings is 1. The summed E-state index contributed by atoms with van der Waals surface area (Å²) in [6.07, 6.45) is 3.06. The van der Waals surface area contributed by atoms with Crippen molar-refractivity contribution in [1.82, 2.24) is 4.98 Å². The normalized spacial score (nSPS) is 10.9. The summed E-state index contributed by atoms with van der Waals surface area (Å²) < 4.78 is 10.9. The molecule has 2 rings (SSSR count). The number of anilines is 1. The molecule has 0 aliphatic carbocycles. The maximum Gasteiger partial charge on any atom is 0.295 e. The van der Waals surface area contributed by atoms with Gasteiger partial charge >= 0.3 is 0 Å². The second kappa shape index (κ2) is 7.58. The van der Waals surface area contributed by atoms with E-state index in [2.05, 4.69) is 17.2 Å². The van der Waals surface area contributed by atoms with Gasteiger partial charge in [-0.15, -0.1) is 0 Å². The van der Waals surface area contributed by atoms with Crippen LogP contribution in [0.25, 0.3) is 11.1 Å². The van der Waals surface area contributed by atoms with E-state index in [0.717, 1.165) is 25.9 Å². The summed E-state index contributed by atoms with van der Waals surface area (Å²) in [5, 5.41) is 13.7. The number of fused-ring (bicyclic) bond motifs is 1. The lowest BCUT2D eigenvalue weighted by atomic mass is 10.3. The molecule has 0 aliphatic heterocycles. The van der Waals surface area contributed by atoms with Gasteiger partial charge < -0.3 is 14.5 Å². The molecule has 0 aliphatic rings. The minimum atomic E-state index is -0.450. The highest BCUT2D eigenvalue weighted by atomic mass is 16.6. The molecule has 1 aromatic carbocycles. The number of aromatic nitrogens is 1. The van der Waals surface area contributed by atoms with Crippen LogP contribution in [0.2, 0.25) is 0 Å². The zero-order chi connectivity index (χ0) is 15.1. The number of hydrogen-bond donors (Lipinski definition) is 1. The summed E-state index contributed by atoms with van der Waals surface area (Å²) in [6.45, 7) is 4.30. The van der Waals surface area contributed by atoms with Crippen molar-refractivity contribution in [2.75, 3.05) is 25.1 Å². The van der Waals surface area contributed by atoms with Crippen molar-refractivity contribution < 1.29 is 14.1 Å². The number of unbranched alkanes of at least 4 members (excludes halogenated alkanes) is 1. The Labute approximate surface area is 122 Å². The molecule has 2 aromatic rings. The van der Waals surface area contributed by atoms with Gasteiger partial charge in [0.05, 0.1) is 4.92 Å². The summed E-state index contributed by atoms with van der Waals surface area (Å²) in [4.78, 5) is 14.4. The smallest absolute Gasteiger partial charge is 0.295 e. The lowest BCUT2D eigenvalue weighted by Gasteiger charge is -2.03. The molecule has 1 heterocycles. The first-order valence-corrected chi connectivity index (χ1v) is 7.07. The van der Waals surface area contributed by atoms with Gasteiger partial charge in [0.15, 0.2) is 5.58 Å². The average molecular weight is 293 g/mol. The van der Waals surface area contributed by atoms with Gasteiger partial charge in [0.25, 0.3) is 11.7 Å². The maximum atomic E-state index is 10.7. The molecule has 1 aromatic heterocycles. The van der Waals surface area contributed by atoms with Crippen molar-refractivity contribution >= 4 is 22.8 Å². The molecule has 0 radical (unpaired) electrons. The number of nitro benzene ring substituents is 1. The first-order chi connectivity index (χ1) is 10.2. The Balaban J connectivity index is 1.81. The molecule has 21 heavy (non-hydrogen) atoms. The van der Waals surface area contributed by atoms with Crippen molar-refractivity contribution in [3.63, 3.8) is 0 Å². The van der Waals surface area contributed by atoms with Crippen LogP contribution in [0.5, 0.6) is 0 Å². The van der Waals surface area contributed by atoms with Crippen molar-refractivity contribution in [3.8, 4) is 0 Å². The largest absolute Gasteiger partial charge is 0.424 e. The highest BCUT2D eigenvalue weighted by Crippen LogP contribution is 2.23. The second-order valence-corrected chi connectivity index (χ2v) is 4.67. The summed E-state index contributed by atoms with van der Waals surface area (Å²) in [6, 6.07) is 4.73. The van der Waals surface area contributed by atoms with E-state index in [4.69, 9.17) is 9.15 Å². The standard InChI is InChI=1S/C14H19N3O4/c1-2-3-8-20-9-4-7-15-14-16-12-10-11(17(18)19)5-6-13(12)21-14/h5-6,10H,2-4,7-9H2,1H3,(H,15,16). The van der Waals surface area contributed by atoms with Crippen molar-refractivity contribution in [2.45, 2.75) is 26.2 Å². The zero-order valence-electron chi connectivity index (χ0n) is 12.0. The number of hydrogen-bond acceptors (Lipinski definition) is 6. The predicted octanol–water partition coefficient (Wildman–Crippen LogP) is 3.35. The third-order valence-corrected chi connectivity index (χ3v) is 2.97. The quantitative estimate of drug-likeness (QED) is 0.433. The molecule has 0 atom stereocenters. The van der Waals surface area contributed by atoms with Crippen LogP contribution in [0.4, 0.5) is 11.7 Å². The van der Waals surface area contributed by atoms with Crippen LogP contribution in [-0.2, 0) is 4.74 Å². The molecule has 7 heteroatoms. The summed E-state index contributed by atoms with van der Waals surface area (Å²) >= 11 is 0. The second-order valence-electron chi connectivity index (χ2n) is 4.67. The molecule has 0 saturated carbocycles. The van der Waals surface area contributed by atoms with E-state index in [-0.39, 0.29) is 5.69 Å². The van der Waals surface area contributed by atoms with Gasteiger partial charge in [-0.3, -0.25) is 10.1 Å². The number of nitro groups is 1. The van der Waals surface area contributed by atoms with Crippen LogP contribution < -0.4 is 5.32 Å². The van der Waals surface area contributed by atoms with Crippen LogP contribution in [-0.4, -0.2) is 29.7 Å². The molecule has 1 N–H and O–H groups in total. The third-order valence-electron chi connectivity index (χ3n) is 2.97. The van der Waals surface area contributed by atoms with Gasteiger partial charge in [0.1, 0.15) is 5.52 Å². The fourth-order valence-electron chi connectivity index (χ4n) is 1.82. The van der Waals surface area contributed by atoms with Gasteiger partial charge in [-0.1, -0.05) is 13.3 Å². The first-order valence-electron chi connectivity index (χ1n) is 7.07. The van der Waals surface area contributed by atoms with E-state index in [9.17, 15) is 10.1 Å². The number of rotatable bonds is 9. The van der Waals surface area contributed by atoms with Gasteiger partial charge in [0.2, 0.25) is 0 Å². The van der Waals surface area contributed by atoms with E-state index in [0.29, 0.717) is 30.3 Å². The molecule has 0 spiro atoms. The van der Waals surface area contributed by atoms with Gasteiger partial charge in [0, 0.05) is 31.9 Å². The van der Waals surface area contributed by atoms with Crippen molar-refractivity contribution in [3.05, 3.63) is 28.3 Å². The van der Waals surface area contributed by atoms with Crippen molar-refractivity contribution in [1.29, 1.82) is 0 Å². The molecule has 0 saturated heterocycles. The van der Waals surface area contributed by atoms with Crippen LogP contribution in [0.1, 0.15) is 26.2 Å². The van der Waals surface area contributed by atoms with Crippen LogP contribution in [0.3, 0.4) is 0 Å². The highest BCUT2D eigenvalue weighted by molar-refractivity contribution is 5.77. The van der Waals surface area contributed by atoms with Gasteiger partial charge in [-0.25, -0.2) is 0 Å². The van der Waals surface area contributed by atoms with Gasteiger partial charge in [-0.2, -0.15) is 4.98 Å². The lowest BCUT2D eigenvalue weighted by molar-refractivity contribution is -0.384. The number of non-ortho nitro benzene ring substituents is 1. The van der Waals surface area contributed by atoms with E-state index in [1.165, 1.54) is 12.1 Å². The Morgan fingerprint density at radius 2 is 2.19 bits per heavy atom. The molecule has 114 valence electrons. The van der Waals surface area contributed by atoms with Crippen LogP contribution in [0, 0.1) is 10.1 Å².